The van der Waals surface area contributed by atoms with E-state index in [2.05, 4.69) is 27.3 Å². The van der Waals surface area contributed by atoms with Crippen molar-refractivity contribution in [2.24, 2.45) is 0 Å². The van der Waals surface area contributed by atoms with Gasteiger partial charge in [0.2, 0.25) is 0 Å². The fourth-order valence-corrected chi connectivity index (χ4v) is 1.86. The van der Waals surface area contributed by atoms with E-state index in [-0.39, 0.29) is 5.82 Å². The number of rotatable bonds is 2. The molecule has 5 heteroatoms. The summed E-state index contributed by atoms with van der Waals surface area (Å²) in [4.78, 5) is 0. The van der Waals surface area contributed by atoms with Gasteiger partial charge in [-0.1, -0.05) is 15.9 Å². The first kappa shape index (κ1) is 12.4. The average molecular weight is 306 g/mol. The van der Waals surface area contributed by atoms with E-state index in [1.807, 2.05) is 0 Å². The highest BCUT2D eigenvalue weighted by molar-refractivity contribution is 9.10. The van der Waals surface area contributed by atoms with Gasteiger partial charge in [0.25, 0.3) is 0 Å². The molecule has 0 unspecified atom stereocenters. The smallest absolute Gasteiger partial charge is 0.125 e. The van der Waals surface area contributed by atoms with Gasteiger partial charge in [-0.25, -0.2) is 4.39 Å². The fraction of sp³-hybridized carbons (Fsp3) is 0. The second-order valence-electron chi connectivity index (χ2n) is 3.66. The molecule has 0 aliphatic heterocycles. The number of hydrogen-bond donors (Lipinski definition) is 2. The van der Waals surface area contributed by atoms with Crippen LogP contribution in [0.2, 0.25) is 0 Å². The molecule has 0 aromatic heterocycles. The zero-order valence-corrected chi connectivity index (χ0v) is 10.8. The van der Waals surface area contributed by atoms with Crippen LogP contribution >= 0.6 is 15.9 Å². The predicted octanol–water partition coefficient (Wildman–Crippen LogP) is 3.79. The molecule has 0 aliphatic rings. The molecule has 0 fully saturated rings. The Morgan fingerprint density at radius 3 is 2.67 bits per heavy atom. The van der Waals surface area contributed by atoms with Crippen molar-refractivity contribution in [1.29, 1.82) is 5.26 Å². The van der Waals surface area contributed by atoms with Gasteiger partial charge in [-0.3, -0.25) is 0 Å². The zero-order valence-electron chi connectivity index (χ0n) is 9.24. The first-order valence-electron chi connectivity index (χ1n) is 5.12. The van der Waals surface area contributed by atoms with Gasteiger partial charge in [-0.2, -0.15) is 5.26 Å². The fourth-order valence-electron chi connectivity index (χ4n) is 1.50. The van der Waals surface area contributed by atoms with E-state index < -0.39 is 0 Å². The maximum Gasteiger partial charge on any atom is 0.125 e. The summed E-state index contributed by atoms with van der Waals surface area (Å²) >= 11 is 3.32. The molecule has 0 saturated heterocycles. The summed E-state index contributed by atoms with van der Waals surface area (Å²) in [5.41, 5.74) is 7.63. The highest BCUT2D eigenvalue weighted by atomic mass is 79.9. The van der Waals surface area contributed by atoms with Crippen LogP contribution in [0.25, 0.3) is 0 Å². The summed E-state index contributed by atoms with van der Waals surface area (Å²) in [7, 11) is 0. The number of anilines is 3. The van der Waals surface area contributed by atoms with Crippen LogP contribution in [0.15, 0.2) is 40.9 Å². The molecule has 18 heavy (non-hydrogen) atoms. The Bertz CT molecular complexity index is 635. The molecule has 3 nitrogen and oxygen atoms in total. The Kier molecular flexibility index (Phi) is 3.49. The molecule has 0 amide bonds. The van der Waals surface area contributed by atoms with E-state index in [0.717, 1.165) is 4.47 Å². The molecule has 3 N–H and O–H groups in total. The third-order valence-electron chi connectivity index (χ3n) is 2.39. The first-order chi connectivity index (χ1) is 8.60. The lowest BCUT2D eigenvalue weighted by Gasteiger charge is -2.11. The molecule has 0 heterocycles. The van der Waals surface area contributed by atoms with Gasteiger partial charge >= 0.3 is 0 Å². The van der Waals surface area contributed by atoms with Crippen molar-refractivity contribution in [2.75, 3.05) is 11.1 Å². The lowest BCUT2D eigenvalue weighted by atomic mass is 10.2. The Morgan fingerprint density at radius 1 is 1.17 bits per heavy atom. The molecule has 2 aromatic carbocycles. The minimum Gasteiger partial charge on any atom is -0.397 e. The number of hydrogen-bond acceptors (Lipinski definition) is 3. The van der Waals surface area contributed by atoms with Crippen molar-refractivity contribution in [2.45, 2.75) is 0 Å². The van der Waals surface area contributed by atoms with Crippen LogP contribution in [0.1, 0.15) is 5.56 Å². The van der Waals surface area contributed by atoms with Gasteiger partial charge in [-0.05, 0) is 36.4 Å². The summed E-state index contributed by atoms with van der Waals surface area (Å²) in [6.07, 6.45) is 0. The van der Waals surface area contributed by atoms with Gasteiger partial charge < -0.3 is 11.1 Å². The maximum absolute atomic E-state index is 13.1. The second kappa shape index (κ2) is 5.07. The van der Waals surface area contributed by atoms with Crippen LogP contribution in [0.3, 0.4) is 0 Å². The van der Waals surface area contributed by atoms with Crippen LogP contribution in [0, 0.1) is 17.1 Å². The third kappa shape index (κ3) is 2.60. The molecule has 0 atom stereocenters. The highest BCUT2D eigenvalue weighted by Crippen LogP contribution is 2.28. The van der Waals surface area contributed by atoms with Crippen LogP contribution in [0.5, 0.6) is 0 Å². The van der Waals surface area contributed by atoms with E-state index >= 15 is 0 Å². The van der Waals surface area contributed by atoms with Gasteiger partial charge in [0.1, 0.15) is 11.9 Å². The average Bonchev–Trinajstić information content (AvgIpc) is 2.34. The molecule has 0 bridgehead atoms. The minimum atomic E-state index is -0.389. The van der Waals surface area contributed by atoms with Gasteiger partial charge in [0, 0.05) is 4.47 Å². The summed E-state index contributed by atoms with van der Waals surface area (Å²) in [6, 6.07) is 11.3. The largest absolute Gasteiger partial charge is 0.397 e. The Balaban J connectivity index is 2.43. The van der Waals surface area contributed by atoms with E-state index in [4.69, 9.17) is 11.0 Å². The van der Waals surface area contributed by atoms with Crippen molar-refractivity contribution in [3.8, 4) is 6.07 Å². The number of nitrogen functional groups attached to an aromatic ring is 1. The standard InChI is InChI=1S/C13H9BrFN3/c14-9-2-1-8(7-16)12(5-9)18-13-6-10(15)3-4-11(13)17/h1-6,18H,17H2. The second-order valence-corrected chi connectivity index (χ2v) is 4.57. The van der Waals surface area contributed by atoms with Crippen molar-refractivity contribution < 1.29 is 4.39 Å². The quantitative estimate of drug-likeness (QED) is 0.830. The van der Waals surface area contributed by atoms with Crippen LogP contribution in [-0.2, 0) is 0 Å². The third-order valence-corrected chi connectivity index (χ3v) is 2.88. The zero-order chi connectivity index (χ0) is 13.1. The number of nitriles is 1. The van der Waals surface area contributed by atoms with Crippen LogP contribution < -0.4 is 11.1 Å². The van der Waals surface area contributed by atoms with Gasteiger partial charge in [0.15, 0.2) is 0 Å². The number of nitrogens with zero attached hydrogens (tertiary/aromatic N) is 1. The molecule has 2 aromatic rings. The predicted molar refractivity (Wildman–Crippen MR) is 73.0 cm³/mol. The molecule has 0 saturated carbocycles. The van der Waals surface area contributed by atoms with Gasteiger partial charge in [-0.15, -0.1) is 0 Å². The lowest BCUT2D eigenvalue weighted by Crippen LogP contribution is -1.98. The monoisotopic (exact) mass is 305 g/mol. The number of nitrogens with one attached hydrogen (secondary N) is 1. The van der Waals surface area contributed by atoms with Crippen molar-refractivity contribution >= 4 is 33.0 Å². The summed E-state index contributed by atoms with van der Waals surface area (Å²) in [6.45, 7) is 0. The van der Waals surface area contributed by atoms with Crippen LogP contribution in [0.4, 0.5) is 21.5 Å². The SMILES string of the molecule is N#Cc1ccc(Br)cc1Nc1cc(F)ccc1N. The highest BCUT2D eigenvalue weighted by Gasteiger charge is 2.06. The molecule has 2 rings (SSSR count). The normalized spacial score (nSPS) is 9.83. The maximum atomic E-state index is 13.1. The minimum absolute atomic E-state index is 0.389. The number of halogens is 2. The number of benzene rings is 2. The Hall–Kier alpha value is -2.06. The summed E-state index contributed by atoms with van der Waals surface area (Å²) in [5, 5.41) is 12.0. The van der Waals surface area contributed by atoms with E-state index in [0.29, 0.717) is 22.6 Å². The van der Waals surface area contributed by atoms with Crippen molar-refractivity contribution in [1.82, 2.24) is 0 Å². The molecular weight excluding hydrogens is 297 g/mol. The van der Waals surface area contributed by atoms with Crippen molar-refractivity contribution in [3.63, 3.8) is 0 Å². The lowest BCUT2D eigenvalue weighted by molar-refractivity contribution is 0.628. The Morgan fingerprint density at radius 2 is 1.94 bits per heavy atom. The Labute approximate surface area is 112 Å². The first-order valence-corrected chi connectivity index (χ1v) is 5.91. The molecule has 90 valence electrons. The van der Waals surface area contributed by atoms with Crippen LogP contribution in [-0.4, -0.2) is 0 Å². The van der Waals surface area contributed by atoms with E-state index in [9.17, 15) is 4.39 Å². The van der Waals surface area contributed by atoms with E-state index in [1.54, 1.807) is 18.2 Å². The van der Waals surface area contributed by atoms with Crippen molar-refractivity contribution in [3.05, 3.63) is 52.3 Å². The van der Waals surface area contributed by atoms with E-state index in [1.165, 1.54) is 18.2 Å². The summed E-state index contributed by atoms with van der Waals surface area (Å²) < 4.78 is 14.0. The number of nitrogens with two attached hydrogens (primary N) is 1. The molecule has 0 spiro atoms. The molecule has 0 radical (unpaired) electrons. The van der Waals surface area contributed by atoms with Gasteiger partial charge in [0.05, 0.1) is 22.6 Å². The summed E-state index contributed by atoms with van der Waals surface area (Å²) in [5.74, 6) is -0.389. The molecular formula is C13H9BrFN3. The molecule has 0 aliphatic carbocycles. The topological polar surface area (TPSA) is 61.8 Å².